The van der Waals surface area contributed by atoms with Crippen LogP contribution in [0.15, 0.2) is 18.2 Å². The van der Waals surface area contributed by atoms with Gasteiger partial charge in [0.25, 0.3) is 5.91 Å². The van der Waals surface area contributed by atoms with Crippen molar-refractivity contribution in [2.24, 2.45) is 0 Å². The van der Waals surface area contributed by atoms with Crippen molar-refractivity contribution in [2.75, 3.05) is 6.54 Å². The molecule has 1 aromatic carbocycles. The van der Waals surface area contributed by atoms with Crippen LogP contribution in [0.5, 0.6) is 0 Å². The van der Waals surface area contributed by atoms with Gasteiger partial charge in [-0.3, -0.25) is 4.79 Å². The van der Waals surface area contributed by atoms with Crippen LogP contribution in [0.4, 0.5) is 4.79 Å². The fraction of sp³-hybridized carbons (Fsp3) is 0.565. The van der Waals surface area contributed by atoms with Crippen LogP contribution in [0.3, 0.4) is 0 Å². The summed E-state index contributed by atoms with van der Waals surface area (Å²) in [5.74, 6) is -0.205. The van der Waals surface area contributed by atoms with Gasteiger partial charge in [-0.05, 0) is 64.7 Å². The van der Waals surface area contributed by atoms with Crippen LogP contribution >= 0.6 is 0 Å². The van der Waals surface area contributed by atoms with Crippen molar-refractivity contribution >= 4 is 11.9 Å². The van der Waals surface area contributed by atoms with Crippen molar-refractivity contribution in [3.63, 3.8) is 0 Å². The Morgan fingerprint density at radius 3 is 2.68 bits per heavy atom. The third-order valence-corrected chi connectivity index (χ3v) is 5.61. The average Bonchev–Trinajstić information content (AvgIpc) is 3.07. The Morgan fingerprint density at radius 2 is 2.00 bits per heavy atom. The second-order valence-corrected chi connectivity index (χ2v) is 9.21. The van der Waals surface area contributed by atoms with Gasteiger partial charge in [-0.2, -0.15) is 0 Å². The number of carbonyl (C=O) groups excluding carboxylic acids is 2. The minimum absolute atomic E-state index is 0.0448. The molecule has 0 bridgehead atoms. The van der Waals surface area contributed by atoms with E-state index in [0.29, 0.717) is 24.5 Å². The molecule has 1 aromatic heterocycles. The summed E-state index contributed by atoms with van der Waals surface area (Å²) in [6.07, 6.45) is 2.60. The molecule has 0 saturated heterocycles. The van der Waals surface area contributed by atoms with Gasteiger partial charge in [-0.1, -0.05) is 30.7 Å². The van der Waals surface area contributed by atoms with E-state index in [2.05, 4.69) is 27.9 Å². The van der Waals surface area contributed by atoms with Crippen molar-refractivity contribution in [3.8, 4) is 5.69 Å². The molecule has 3 rings (SSSR count). The molecule has 0 saturated carbocycles. The summed E-state index contributed by atoms with van der Waals surface area (Å²) in [4.78, 5) is 27.1. The first kappa shape index (κ1) is 22.8. The molecule has 3 amide bonds. The van der Waals surface area contributed by atoms with E-state index in [0.717, 1.165) is 36.1 Å². The second kappa shape index (κ2) is 9.08. The number of hydrogen-bond donors (Lipinski definition) is 2. The lowest BCUT2D eigenvalue weighted by atomic mass is 9.97. The number of hydrogen-bond acceptors (Lipinski definition) is 4. The first-order valence-corrected chi connectivity index (χ1v) is 11.0. The molecule has 1 aliphatic heterocycles. The van der Waals surface area contributed by atoms with Crippen LogP contribution in [0, 0.1) is 6.92 Å². The number of fused-ring (bicyclic) bond motifs is 1. The molecule has 0 spiro atoms. The van der Waals surface area contributed by atoms with Crippen LogP contribution in [-0.4, -0.2) is 50.0 Å². The van der Waals surface area contributed by atoms with Crippen LogP contribution in [0.2, 0.25) is 0 Å². The van der Waals surface area contributed by atoms with Crippen molar-refractivity contribution in [3.05, 3.63) is 40.7 Å². The Balaban J connectivity index is 1.84. The smallest absolute Gasteiger partial charge is 0.317 e. The third kappa shape index (κ3) is 5.06. The highest BCUT2D eigenvalue weighted by Gasteiger charge is 2.27. The number of benzene rings is 1. The van der Waals surface area contributed by atoms with Crippen molar-refractivity contribution < 1.29 is 9.59 Å². The van der Waals surface area contributed by atoms with Gasteiger partial charge in [0.1, 0.15) is 0 Å². The highest BCUT2D eigenvalue weighted by Crippen LogP contribution is 2.26. The van der Waals surface area contributed by atoms with Gasteiger partial charge >= 0.3 is 6.03 Å². The predicted octanol–water partition coefficient (Wildman–Crippen LogP) is 3.36. The summed E-state index contributed by atoms with van der Waals surface area (Å²) >= 11 is 0. The number of nitrogens with one attached hydrogen (secondary N) is 2. The zero-order valence-corrected chi connectivity index (χ0v) is 19.5. The molecule has 0 aliphatic carbocycles. The molecular weight excluding hydrogens is 392 g/mol. The van der Waals surface area contributed by atoms with E-state index in [-0.39, 0.29) is 23.5 Å². The van der Waals surface area contributed by atoms with Crippen LogP contribution < -0.4 is 10.6 Å². The molecule has 2 aromatic rings. The monoisotopic (exact) mass is 426 g/mol. The van der Waals surface area contributed by atoms with Crippen molar-refractivity contribution in [2.45, 2.75) is 78.9 Å². The fourth-order valence-corrected chi connectivity index (χ4v) is 4.12. The van der Waals surface area contributed by atoms with E-state index >= 15 is 0 Å². The lowest BCUT2D eigenvalue weighted by Gasteiger charge is -2.30. The Labute approximate surface area is 184 Å². The molecule has 168 valence electrons. The number of nitrogens with zero attached hydrogens (tertiary/aromatic N) is 4. The SMILES string of the molecule is CCCC(C)(C)NC(=O)c1nnn(-c2cccc3c2CCN(C(=O)NC(C)C)C3)c1C. The molecule has 0 fully saturated rings. The van der Waals surface area contributed by atoms with E-state index in [9.17, 15) is 9.59 Å². The van der Waals surface area contributed by atoms with E-state index in [1.165, 1.54) is 0 Å². The van der Waals surface area contributed by atoms with Crippen LogP contribution in [0.1, 0.15) is 74.8 Å². The molecule has 0 atom stereocenters. The summed E-state index contributed by atoms with van der Waals surface area (Å²) in [7, 11) is 0. The molecule has 2 N–H and O–H groups in total. The number of urea groups is 1. The van der Waals surface area contributed by atoms with Crippen LogP contribution in [0.25, 0.3) is 5.69 Å². The molecule has 0 unspecified atom stereocenters. The number of rotatable bonds is 6. The largest absolute Gasteiger partial charge is 0.346 e. The Hall–Kier alpha value is -2.90. The summed E-state index contributed by atoms with van der Waals surface area (Å²) in [5, 5.41) is 14.5. The highest BCUT2D eigenvalue weighted by atomic mass is 16.2. The van der Waals surface area contributed by atoms with E-state index < -0.39 is 0 Å². The number of amides is 3. The van der Waals surface area contributed by atoms with E-state index in [1.807, 2.05) is 57.7 Å². The zero-order chi connectivity index (χ0) is 22.8. The summed E-state index contributed by atoms with van der Waals surface area (Å²) in [6.45, 7) is 13.1. The molecule has 0 radical (unpaired) electrons. The number of carbonyl (C=O) groups is 2. The van der Waals surface area contributed by atoms with E-state index in [4.69, 9.17) is 0 Å². The number of aromatic nitrogens is 3. The summed E-state index contributed by atoms with van der Waals surface area (Å²) < 4.78 is 1.74. The molecule has 2 heterocycles. The lowest BCUT2D eigenvalue weighted by Crippen LogP contribution is -2.45. The molecule has 8 heteroatoms. The predicted molar refractivity (Wildman–Crippen MR) is 120 cm³/mol. The van der Waals surface area contributed by atoms with Gasteiger partial charge in [0, 0.05) is 24.7 Å². The maximum atomic E-state index is 12.8. The third-order valence-electron chi connectivity index (χ3n) is 5.61. The maximum Gasteiger partial charge on any atom is 0.317 e. The van der Waals surface area contributed by atoms with Crippen molar-refractivity contribution in [1.82, 2.24) is 30.5 Å². The average molecular weight is 427 g/mol. The Kier molecular flexibility index (Phi) is 6.67. The van der Waals surface area contributed by atoms with Gasteiger partial charge in [0.15, 0.2) is 5.69 Å². The lowest BCUT2D eigenvalue weighted by molar-refractivity contribution is 0.0903. The summed E-state index contributed by atoms with van der Waals surface area (Å²) in [6, 6.07) is 6.05. The normalized spacial score (nSPS) is 13.8. The van der Waals surface area contributed by atoms with Gasteiger partial charge < -0.3 is 15.5 Å². The molecule has 31 heavy (non-hydrogen) atoms. The first-order valence-electron chi connectivity index (χ1n) is 11.0. The topological polar surface area (TPSA) is 92.2 Å². The molecule has 8 nitrogen and oxygen atoms in total. The van der Waals surface area contributed by atoms with Gasteiger partial charge in [0.2, 0.25) is 0 Å². The Morgan fingerprint density at radius 1 is 1.26 bits per heavy atom. The second-order valence-electron chi connectivity index (χ2n) is 9.21. The molecule has 1 aliphatic rings. The van der Waals surface area contributed by atoms with Gasteiger partial charge in [-0.15, -0.1) is 5.10 Å². The maximum absolute atomic E-state index is 12.8. The minimum atomic E-state index is -0.298. The fourth-order valence-electron chi connectivity index (χ4n) is 4.12. The van der Waals surface area contributed by atoms with Crippen LogP contribution in [-0.2, 0) is 13.0 Å². The summed E-state index contributed by atoms with van der Waals surface area (Å²) in [5.41, 5.74) is 3.90. The zero-order valence-electron chi connectivity index (χ0n) is 19.5. The minimum Gasteiger partial charge on any atom is -0.346 e. The van der Waals surface area contributed by atoms with Crippen molar-refractivity contribution in [1.29, 1.82) is 0 Å². The van der Waals surface area contributed by atoms with Gasteiger partial charge in [-0.25, -0.2) is 9.48 Å². The van der Waals surface area contributed by atoms with Gasteiger partial charge in [0.05, 0.1) is 11.4 Å². The van der Waals surface area contributed by atoms with E-state index in [1.54, 1.807) is 4.68 Å². The standard InChI is InChI=1S/C23H34N6O2/c1-7-12-23(5,6)25-21(30)20-16(4)29(27-26-20)19-10-8-9-17-14-28(13-11-18(17)19)22(31)24-15(2)3/h8-10,15H,7,11-14H2,1-6H3,(H,24,31)(H,25,30). The Bertz CT molecular complexity index is 963. The highest BCUT2D eigenvalue weighted by molar-refractivity contribution is 5.93. The quantitative estimate of drug-likeness (QED) is 0.741. The first-order chi connectivity index (χ1) is 14.6. The molecular formula is C23H34N6O2.